The van der Waals surface area contributed by atoms with Gasteiger partial charge < -0.3 is 0 Å². The third-order valence-electron chi connectivity index (χ3n) is 3.20. The van der Waals surface area contributed by atoms with Gasteiger partial charge in [0.2, 0.25) is 0 Å². The Bertz CT molecular complexity index is 831. The molecule has 3 rings (SSSR count). The zero-order valence-electron chi connectivity index (χ0n) is 12.6. The average molecular weight is 323 g/mol. The first-order valence-corrected chi connectivity index (χ1v) is 7.55. The molecule has 5 heteroatoms. The molecule has 2 aromatic carbocycles. The quantitative estimate of drug-likeness (QED) is 0.566. The van der Waals surface area contributed by atoms with Gasteiger partial charge in [-0.3, -0.25) is 5.43 Å². The molecule has 4 nitrogen and oxygen atoms in total. The molecule has 23 heavy (non-hydrogen) atoms. The van der Waals surface area contributed by atoms with E-state index in [2.05, 4.69) is 20.5 Å². The highest BCUT2D eigenvalue weighted by Crippen LogP contribution is 2.19. The second-order valence-corrected chi connectivity index (χ2v) is 5.35. The summed E-state index contributed by atoms with van der Waals surface area (Å²) in [4.78, 5) is 8.80. The lowest BCUT2D eigenvalue weighted by molar-refractivity contribution is 1.05. The summed E-state index contributed by atoms with van der Waals surface area (Å²) >= 11 is 6.09. The van der Waals surface area contributed by atoms with Crippen molar-refractivity contribution in [3.8, 4) is 11.3 Å². The van der Waals surface area contributed by atoms with E-state index in [1.165, 1.54) is 0 Å². The zero-order valence-corrected chi connectivity index (χ0v) is 13.3. The van der Waals surface area contributed by atoms with E-state index in [1.807, 2.05) is 67.6 Å². The molecule has 0 fully saturated rings. The number of hydrazone groups is 1. The molecule has 0 spiro atoms. The summed E-state index contributed by atoms with van der Waals surface area (Å²) in [6.07, 6.45) is 1.67. The van der Waals surface area contributed by atoms with E-state index in [9.17, 15) is 0 Å². The standard InChI is InChI=1S/C18H15ClN4/c1-13-21-17(14-7-3-2-4-8-14)11-18(22-13)23-20-12-15-9-5-6-10-16(15)19/h2-12H,1H3,(H,21,22,23)/b20-12-. The molecule has 0 saturated heterocycles. The monoisotopic (exact) mass is 322 g/mol. The van der Waals surface area contributed by atoms with Crippen LogP contribution in [0.1, 0.15) is 11.4 Å². The first-order chi connectivity index (χ1) is 11.2. The van der Waals surface area contributed by atoms with Crippen LogP contribution in [0.2, 0.25) is 5.02 Å². The van der Waals surface area contributed by atoms with Gasteiger partial charge in [0.15, 0.2) is 0 Å². The minimum atomic E-state index is 0.639. The fraction of sp³-hybridized carbons (Fsp3) is 0.0556. The summed E-state index contributed by atoms with van der Waals surface area (Å²) in [7, 11) is 0. The van der Waals surface area contributed by atoms with E-state index in [0.29, 0.717) is 16.7 Å². The number of halogens is 1. The number of rotatable bonds is 4. The van der Waals surface area contributed by atoms with E-state index in [1.54, 1.807) is 6.21 Å². The number of hydrogen-bond acceptors (Lipinski definition) is 4. The van der Waals surface area contributed by atoms with Gasteiger partial charge >= 0.3 is 0 Å². The van der Waals surface area contributed by atoms with Crippen LogP contribution in [0.3, 0.4) is 0 Å². The third-order valence-corrected chi connectivity index (χ3v) is 3.54. The maximum absolute atomic E-state index is 6.09. The van der Waals surface area contributed by atoms with Crippen molar-refractivity contribution in [3.05, 3.63) is 77.1 Å². The van der Waals surface area contributed by atoms with Gasteiger partial charge in [0.25, 0.3) is 0 Å². The van der Waals surface area contributed by atoms with Gasteiger partial charge in [-0.1, -0.05) is 60.1 Å². The topological polar surface area (TPSA) is 50.2 Å². The summed E-state index contributed by atoms with van der Waals surface area (Å²) in [5.74, 6) is 1.32. The van der Waals surface area contributed by atoms with Crippen molar-refractivity contribution in [2.24, 2.45) is 5.10 Å². The molecular weight excluding hydrogens is 308 g/mol. The molecule has 0 radical (unpaired) electrons. The minimum absolute atomic E-state index is 0.639. The van der Waals surface area contributed by atoms with Crippen LogP contribution in [-0.2, 0) is 0 Å². The molecule has 1 heterocycles. The summed E-state index contributed by atoms with van der Waals surface area (Å²) in [6.45, 7) is 1.86. The van der Waals surface area contributed by atoms with Crippen LogP contribution < -0.4 is 5.43 Å². The summed E-state index contributed by atoms with van der Waals surface area (Å²) < 4.78 is 0. The average Bonchev–Trinajstić information content (AvgIpc) is 2.57. The second kappa shape index (κ2) is 7.03. The van der Waals surface area contributed by atoms with E-state index in [0.717, 1.165) is 16.8 Å². The highest BCUT2D eigenvalue weighted by atomic mass is 35.5. The Balaban J connectivity index is 1.81. The Labute approximate surface area is 139 Å². The Morgan fingerprint density at radius 1 is 1.00 bits per heavy atom. The molecule has 0 aliphatic carbocycles. The molecule has 3 aromatic rings. The summed E-state index contributed by atoms with van der Waals surface area (Å²) in [6, 6.07) is 19.3. The van der Waals surface area contributed by atoms with Gasteiger partial charge in [-0.05, 0) is 13.0 Å². The normalized spacial score (nSPS) is 10.9. The lowest BCUT2D eigenvalue weighted by Crippen LogP contribution is -1.99. The van der Waals surface area contributed by atoms with Crippen LogP contribution in [0.25, 0.3) is 11.3 Å². The predicted octanol–water partition coefficient (Wildman–Crippen LogP) is 4.55. The van der Waals surface area contributed by atoms with Crippen LogP contribution in [0, 0.1) is 6.92 Å². The predicted molar refractivity (Wildman–Crippen MR) is 94.9 cm³/mol. The smallest absolute Gasteiger partial charge is 0.150 e. The van der Waals surface area contributed by atoms with Crippen molar-refractivity contribution in [2.75, 3.05) is 5.43 Å². The largest absolute Gasteiger partial charge is 0.261 e. The van der Waals surface area contributed by atoms with Gasteiger partial charge in [-0.25, -0.2) is 9.97 Å². The lowest BCUT2D eigenvalue weighted by Gasteiger charge is -2.05. The Morgan fingerprint density at radius 3 is 2.52 bits per heavy atom. The van der Waals surface area contributed by atoms with Crippen molar-refractivity contribution >= 4 is 23.6 Å². The maximum Gasteiger partial charge on any atom is 0.150 e. The van der Waals surface area contributed by atoms with Gasteiger partial charge in [0.1, 0.15) is 11.6 Å². The Hall–Kier alpha value is -2.72. The van der Waals surface area contributed by atoms with E-state index in [-0.39, 0.29) is 0 Å². The highest BCUT2D eigenvalue weighted by Gasteiger charge is 2.03. The first kappa shape index (κ1) is 15.2. The second-order valence-electron chi connectivity index (χ2n) is 4.94. The summed E-state index contributed by atoms with van der Waals surface area (Å²) in [5.41, 5.74) is 5.67. The van der Waals surface area contributed by atoms with Gasteiger partial charge in [0.05, 0.1) is 11.9 Å². The number of nitrogens with one attached hydrogen (secondary N) is 1. The molecule has 0 amide bonds. The number of aryl methyl sites for hydroxylation is 1. The number of benzene rings is 2. The molecule has 0 atom stereocenters. The van der Waals surface area contributed by atoms with E-state index >= 15 is 0 Å². The molecular formula is C18H15ClN4. The molecule has 114 valence electrons. The SMILES string of the molecule is Cc1nc(N/N=C\c2ccccc2Cl)cc(-c2ccccc2)n1. The van der Waals surface area contributed by atoms with Crippen molar-refractivity contribution in [1.82, 2.24) is 9.97 Å². The van der Waals surface area contributed by atoms with Crippen LogP contribution in [0.4, 0.5) is 5.82 Å². The molecule has 0 bridgehead atoms. The fourth-order valence-electron chi connectivity index (χ4n) is 2.13. The Morgan fingerprint density at radius 2 is 1.74 bits per heavy atom. The van der Waals surface area contributed by atoms with Gasteiger partial charge in [0, 0.05) is 22.2 Å². The number of hydrogen-bond donors (Lipinski definition) is 1. The maximum atomic E-state index is 6.09. The molecule has 1 N–H and O–H groups in total. The molecule has 0 aliphatic rings. The fourth-order valence-corrected chi connectivity index (χ4v) is 2.31. The van der Waals surface area contributed by atoms with Crippen molar-refractivity contribution in [3.63, 3.8) is 0 Å². The third kappa shape index (κ3) is 3.93. The minimum Gasteiger partial charge on any atom is -0.261 e. The van der Waals surface area contributed by atoms with Gasteiger partial charge in [-0.15, -0.1) is 0 Å². The number of aromatic nitrogens is 2. The van der Waals surface area contributed by atoms with Crippen LogP contribution in [0.15, 0.2) is 65.8 Å². The van der Waals surface area contributed by atoms with Crippen LogP contribution in [0.5, 0.6) is 0 Å². The van der Waals surface area contributed by atoms with Gasteiger partial charge in [-0.2, -0.15) is 5.10 Å². The van der Waals surface area contributed by atoms with Crippen molar-refractivity contribution in [1.29, 1.82) is 0 Å². The van der Waals surface area contributed by atoms with Crippen LogP contribution in [-0.4, -0.2) is 16.2 Å². The van der Waals surface area contributed by atoms with Crippen molar-refractivity contribution in [2.45, 2.75) is 6.92 Å². The molecule has 0 aliphatic heterocycles. The number of nitrogens with zero attached hydrogens (tertiary/aromatic N) is 3. The molecule has 0 saturated carbocycles. The van der Waals surface area contributed by atoms with Crippen LogP contribution >= 0.6 is 11.6 Å². The Kier molecular flexibility index (Phi) is 4.64. The molecule has 1 aromatic heterocycles. The highest BCUT2D eigenvalue weighted by molar-refractivity contribution is 6.33. The van der Waals surface area contributed by atoms with Crippen molar-refractivity contribution < 1.29 is 0 Å². The lowest BCUT2D eigenvalue weighted by atomic mass is 10.1. The zero-order chi connectivity index (χ0) is 16.1. The molecule has 0 unspecified atom stereocenters. The first-order valence-electron chi connectivity index (χ1n) is 7.17. The number of anilines is 1. The van der Waals surface area contributed by atoms with E-state index in [4.69, 9.17) is 11.6 Å². The summed E-state index contributed by atoms with van der Waals surface area (Å²) in [5, 5.41) is 4.85. The van der Waals surface area contributed by atoms with E-state index < -0.39 is 0 Å².